The number of aliphatic carboxylic acids is 1. The van der Waals surface area contributed by atoms with Gasteiger partial charge in [0.05, 0.1) is 17.8 Å². The molecule has 2 rings (SSSR count). The summed E-state index contributed by atoms with van der Waals surface area (Å²) in [6.45, 7) is 8.72. The van der Waals surface area contributed by atoms with Gasteiger partial charge in [-0.1, -0.05) is 13.8 Å². The maximum atomic E-state index is 12.6. The molecule has 9 nitrogen and oxygen atoms in total. The molecule has 1 saturated heterocycles. The zero-order chi connectivity index (χ0) is 20.2. The molecule has 9 heteroatoms. The first kappa shape index (κ1) is 20.7. The molecule has 1 aromatic rings. The molecule has 0 aliphatic carbocycles. The number of likely N-dealkylation sites (tertiary alicyclic amines) is 1. The molecular weight excluding hydrogens is 350 g/mol. The van der Waals surface area contributed by atoms with Gasteiger partial charge in [-0.15, -0.1) is 0 Å². The Balaban J connectivity index is 1.95. The molecule has 0 radical (unpaired) electrons. The minimum atomic E-state index is -1.21. The molecule has 0 bridgehead atoms. The summed E-state index contributed by atoms with van der Waals surface area (Å²) in [6, 6.07) is -0.141. The van der Waals surface area contributed by atoms with Crippen molar-refractivity contribution in [3.05, 3.63) is 12.4 Å². The van der Waals surface area contributed by atoms with E-state index in [0.29, 0.717) is 37.7 Å². The lowest BCUT2D eigenvalue weighted by atomic mass is 9.97. The molecule has 1 atom stereocenters. The standard InChI is InChI=1S/C18H29N5O4/c1-12(2)8-19-17(27)22-7-5-6-13(10-22)15(24)21-14-9-20-23(11-14)18(3,4)16(25)26/h9,11-13H,5-8,10H2,1-4H3,(H,19,27)(H,21,24)(H,25,26). The van der Waals surface area contributed by atoms with Crippen molar-refractivity contribution >= 4 is 23.6 Å². The van der Waals surface area contributed by atoms with Gasteiger partial charge in [-0.2, -0.15) is 5.10 Å². The number of aromatic nitrogens is 2. The van der Waals surface area contributed by atoms with Gasteiger partial charge in [-0.25, -0.2) is 9.59 Å². The van der Waals surface area contributed by atoms with Crippen LogP contribution >= 0.6 is 0 Å². The number of piperidine rings is 1. The molecule has 150 valence electrons. The number of nitrogens with zero attached hydrogens (tertiary/aromatic N) is 3. The summed E-state index contributed by atoms with van der Waals surface area (Å²) in [5.41, 5.74) is -0.769. The van der Waals surface area contributed by atoms with Crippen LogP contribution in [-0.2, 0) is 15.1 Å². The predicted molar refractivity (Wildman–Crippen MR) is 100 cm³/mol. The topological polar surface area (TPSA) is 117 Å². The van der Waals surface area contributed by atoms with E-state index in [9.17, 15) is 19.5 Å². The van der Waals surface area contributed by atoms with Crippen LogP contribution in [0.15, 0.2) is 12.4 Å². The Hall–Kier alpha value is -2.58. The summed E-state index contributed by atoms with van der Waals surface area (Å²) >= 11 is 0. The summed E-state index contributed by atoms with van der Waals surface area (Å²) < 4.78 is 1.30. The molecule has 1 fully saturated rings. The fourth-order valence-corrected chi connectivity index (χ4v) is 2.81. The molecule has 0 saturated carbocycles. The fourth-order valence-electron chi connectivity index (χ4n) is 2.81. The quantitative estimate of drug-likeness (QED) is 0.696. The van der Waals surface area contributed by atoms with Gasteiger partial charge >= 0.3 is 12.0 Å². The van der Waals surface area contributed by atoms with Crippen molar-refractivity contribution in [3.8, 4) is 0 Å². The summed E-state index contributed by atoms with van der Waals surface area (Å²) in [5, 5.41) is 19.0. The molecule has 1 aromatic heterocycles. The van der Waals surface area contributed by atoms with Gasteiger partial charge in [0.1, 0.15) is 0 Å². The smallest absolute Gasteiger partial charge is 0.331 e. The number of carbonyl (C=O) groups is 3. The number of carbonyl (C=O) groups excluding carboxylic acids is 2. The highest BCUT2D eigenvalue weighted by atomic mass is 16.4. The van der Waals surface area contributed by atoms with E-state index in [4.69, 9.17) is 0 Å². The number of anilines is 1. The number of amides is 3. The highest BCUT2D eigenvalue weighted by Crippen LogP contribution is 2.21. The number of urea groups is 1. The first-order chi connectivity index (χ1) is 12.6. The Kier molecular flexibility index (Phi) is 6.45. The van der Waals surface area contributed by atoms with E-state index in [0.717, 1.165) is 6.42 Å². The Bertz CT molecular complexity index is 698. The number of nitrogens with one attached hydrogen (secondary N) is 2. The molecule has 3 amide bonds. The van der Waals surface area contributed by atoms with Crippen LogP contribution in [0.2, 0.25) is 0 Å². The minimum Gasteiger partial charge on any atom is -0.479 e. The molecular formula is C18H29N5O4. The van der Waals surface area contributed by atoms with Gasteiger partial charge in [0.2, 0.25) is 5.91 Å². The van der Waals surface area contributed by atoms with E-state index in [1.165, 1.54) is 30.9 Å². The second-order valence-corrected chi connectivity index (χ2v) is 7.89. The first-order valence-electron chi connectivity index (χ1n) is 9.23. The van der Waals surface area contributed by atoms with Gasteiger partial charge in [-0.3, -0.25) is 9.48 Å². The fraction of sp³-hybridized carbons (Fsp3) is 0.667. The molecule has 1 aliphatic heterocycles. The number of rotatable bonds is 6. The molecule has 3 N–H and O–H groups in total. The van der Waals surface area contributed by atoms with Crippen molar-refractivity contribution in [2.75, 3.05) is 25.0 Å². The summed E-state index contributed by atoms with van der Waals surface area (Å²) in [6.07, 6.45) is 4.40. The Labute approximate surface area is 159 Å². The van der Waals surface area contributed by atoms with Crippen LogP contribution in [0.5, 0.6) is 0 Å². The minimum absolute atomic E-state index is 0.141. The number of hydrogen-bond donors (Lipinski definition) is 3. The van der Waals surface area contributed by atoms with E-state index in [1.54, 1.807) is 4.90 Å². The average Bonchev–Trinajstić information content (AvgIpc) is 3.08. The highest BCUT2D eigenvalue weighted by Gasteiger charge is 2.31. The second-order valence-electron chi connectivity index (χ2n) is 7.89. The third-order valence-electron chi connectivity index (χ3n) is 4.69. The Morgan fingerprint density at radius 2 is 2.07 bits per heavy atom. The van der Waals surface area contributed by atoms with Crippen LogP contribution in [0, 0.1) is 11.8 Å². The van der Waals surface area contributed by atoms with E-state index in [-0.39, 0.29) is 17.9 Å². The molecule has 2 heterocycles. The first-order valence-corrected chi connectivity index (χ1v) is 9.23. The largest absolute Gasteiger partial charge is 0.479 e. The van der Waals surface area contributed by atoms with Gasteiger partial charge in [-0.05, 0) is 32.6 Å². The predicted octanol–water partition coefficient (Wildman–Crippen LogP) is 1.72. The van der Waals surface area contributed by atoms with Gasteiger partial charge in [0.15, 0.2) is 5.54 Å². The van der Waals surface area contributed by atoms with E-state index < -0.39 is 11.5 Å². The molecule has 0 spiro atoms. The van der Waals surface area contributed by atoms with Crippen molar-refractivity contribution in [3.63, 3.8) is 0 Å². The van der Waals surface area contributed by atoms with Crippen molar-refractivity contribution in [1.29, 1.82) is 0 Å². The van der Waals surface area contributed by atoms with Gasteiger partial charge in [0, 0.05) is 25.8 Å². The van der Waals surface area contributed by atoms with Crippen molar-refractivity contribution < 1.29 is 19.5 Å². The summed E-state index contributed by atoms with van der Waals surface area (Å²) in [4.78, 5) is 37.8. The van der Waals surface area contributed by atoms with Crippen LogP contribution in [0.3, 0.4) is 0 Å². The number of carboxylic acid groups (broad SMARTS) is 1. The van der Waals surface area contributed by atoms with E-state index >= 15 is 0 Å². The maximum Gasteiger partial charge on any atom is 0.331 e. The lowest BCUT2D eigenvalue weighted by Gasteiger charge is -2.32. The third kappa shape index (κ3) is 5.21. The van der Waals surface area contributed by atoms with Crippen LogP contribution in [0.4, 0.5) is 10.5 Å². The normalized spacial score (nSPS) is 17.7. The lowest BCUT2D eigenvalue weighted by molar-refractivity contribution is -0.146. The van der Waals surface area contributed by atoms with E-state index in [2.05, 4.69) is 15.7 Å². The number of hydrogen-bond acceptors (Lipinski definition) is 4. The molecule has 1 unspecified atom stereocenters. The Morgan fingerprint density at radius 1 is 1.37 bits per heavy atom. The maximum absolute atomic E-state index is 12.6. The van der Waals surface area contributed by atoms with Crippen LogP contribution in [0.25, 0.3) is 0 Å². The summed E-state index contributed by atoms with van der Waals surface area (Å²) in [7, 11) is 0. The van der Waals surface area contributed by atoms with Crippen LogP contribution in [0.1, 0.15) is 40.5 Å². The second kappa shape index (κ2) is 8.41. The monoisotopic (exact) mass is 379 g/mol. The number of carboxylic acids is 1. The molecule has 27 heavy (non-hydrogen) atoms. The molecule has 0 aromatic carbocycles. The summed E-state index contributed by atoms with van der Waals surface area (Å²) in [5.74, 6) is -1.15. The van der Waals surface area contributed by atoms with Crippen LogP contribution < -0.4 is 10.6 Å². The highest BCUT2D eigenvalue weighted by molar-refractivity contribution is 5.93. The third-order valence-corrected chi connectivity index (χ3v) is 4.69. The van der Waals surface area contributed by atoms with Gasteiger partial charge in [0.25, 0.3) is 0 Å². The van der Waals surface area contributed by atoms with E-state index in [1.807, 2.05) is 13.8 Å². The molecule has 1 aliphatic rings. The Morgan fingerprint density at radius 3 is 2.70 bits per heavy atom. The van der Waals surface area contributed by atoms with Crippen molar-refractivity contribution in [2.24, 2.45) is 11.8 Å². The van der Waals surface area contributed by atoms with Crippen molar-refractivity contribution in [2.45, 2.75) is 46.1 Å². The van der Waals surface area contributed by atoms with Gasteiger partial charge < -0.3 is 20.6 Å². The zero-order valence-electron chi connectivity index (χ0n) is 16.4. The zero-order valence-corrected chi connectivity index (χ0v) is 16.4. The SMILES string of the molecule is CC(C)CNC(=O)N1CCCC(C(=O)Nc2cnn(C(C)(C)C(=O)O)c2)C1. The lowest BCUT2D eigenvalue weighted by Crippen LogP contribution is -2.48. The average molecular weight is 379 g/mol. The van der Waals surface area contributed by atoms with Crippen LogP contribution in [-0.4, -0.2) is 57.3 Å². The van der Waals surface area contributed by atoms with Crippen molar-refractivity contribution in [1.82, 2.24) is 20.0 Å².